The zero-order valence-electron chi connectivity index (χ0n) is 12.8. The number of benzene rings is 2. The van der Waals surface area contributed by atoms with Crippen LogP contribution in [0.3, 0.4) is 0 Å². The highest BCUT2D eigenvalue weighted by atomic mass is 16.6. The normalized spacial score (nSPS) is 11.8. The van der Waals surface area contributed by atoms with E-state index in [9.17, 15) is 14.9 Å². The monoisotopic (exact) mass is 315 g/mol. The number of hydrogen-bond donors (Lipinski definition) is 0. The van der Waals surface area contributed by atoms with Gasteiger partial charge in [-0.15, -0.1) is 0 Å². The molecule has 0 amide bonds. The Morgan fingerprint density at radius 1 is 1.00 bits per heavy atom. The van der Waals surface area contributed by atoms with E-state index in [2.05, 4.69) is 0 Å². The van der Waals surface area contributed by atoms with Gasteiger partial charge in [-0.1, -0.05) is 32.0 Å². The molecule has 0 heterocycles. The largest absolute Gasteiger partial charge is 0.478 e. The Bertz CT molecular complexity index is 667. The van der Waals surface area contributed by atoms with Crippen molar-refractivity contribution in [2.45, 2.75) is 20.0 Å². The summed E-state index contributed by atoms with van der Waals surface area (Å²) in [6, 6.07) is 14.3. The van der Waals surface area contributed by atoms with E-state index >= 15 is 0 Å². The highest BCUT2D eigenvalue weighted by Crippen LogP contribution is 2.20. The molecule has 0 fully saturated rings. The van der Waals surface area contributed by atoms with Crippen molar-refractivity contribution in [3.05, 3.63) is 64.7 Å². The lowest BCUT2D eigenvalue weighted by atomic mass is 10.1. The third-order valence-corrected chi connectivity index (χ3v) is 3.11. The summed E-state index contributed by atoms with van der Waals surface area (Å²) in [4.78, 5) is 22.4. The number of carbonyl (C=O) groups is 1. The van der Waals surface area contributed by atoms with Crippen LogP contribution in [0.5, 0.6) is 11.5 Å². The summed E-state index contributed by atoms with van der Waals surface area (Å²) >= 11 is 0. The van der Waals surface area contributed by atoms with Crippen LogP contribution >= 0.6 is 0 Å². The van der Waals surface area contributed by atoms with E-state index in [0.717, 1.165) is 0 Å². The number of hydrogen-bond acceptors (Lipinski definition) is 5. The fourth-order valence-corrected chi connectivity index (χ4v) is 1.91. The molecule has 0 aliphatic rings. The lowest BCUT2D eigenvalue weighted by Gasteiger charge is -2.20. The molecule has 0 aromatic heterocycles. The molecule has 120 valence electrons. The summed E-state index contributed by atoms with van der Waals surface area (Å²) in [7, 11) is 0. The SMILES string of the molecule is CC(C)C(Oc1ccccc1)C(=O)Oc1ccc([N+](=O)[O-])cc1. The summed E-state index contributed by atoms with van der Waals surface area (Å²) in [5, 5.41) is 10.6. The maximum atomic E-state index is 12.3. The van der Waals surface area contributed by atoms with E-state index < -0.39 is 17.0 Å². The molecule has 0 aliphatic carbocycles. The van der Waals surface area contributed by atoms with Gasteiger partial charge in [-0.2, -0.15) is 0 Å². The van der Waals surface area contributed by atoms with Gasteiger partial charge in [-0.3, -0.25) is 10.1 Å². The van der Waals surface area contributed by atoms with Crippen molar-refractivity contribution in [1.29, 1.82) is 0 Å². The first-order chi connectivity index (χ1) is 11.0. The highest BCUT2D eigenvalue weighted by Gasteiger charge is 2.26. The fraction of sp³-hybridized carbons (Fsp3) is 0.235. The minimum absolute atomic E-state index is 0.0641. The van der Waals surface area contributed by atoms with E-state index in [4.69, 9.17) is 9.47 Å². The molecule has 0 saturated heterocycles. The first-order valence-electron chi connectivity index (χ1n) is 7.15. The molecular formula is C17H17NO5. The third-order valence-electron chi connectivity index (χ3n) is 3.11. The Morgan fingerprint density at radius 3 is 2.13 bits per heavy atom. The van der Waals surface area contributed by atoms with Crippen LogP contribution in [0.1, 0.15) is 13.8 Å². The van der Waals surface area contributed by atoms with Crippen molar-refractivity contribution >= 4 is 11.7 Å². The van der Waals surface area contributed by atoms with Crippen LogP contribution in [0.2, 0.25) is 0 Å². The highest BCUT2D eigenvalue weighted by molar-refractivity contribution is 5.78. The molecule has 0 saturated carbocycles. The van der Waals surface area contributed by atoms with Crippen LogP contribution in [-0.4, -0.2) is 17.0 Å². The van der Waals surface area contributed by atoms with E-state index in [1.54, 1.807) is 12.1 Å². The van der Waals surface area contributed by atoms with Gasteiger partial charge in [0.2, 0.25) is 0 Å². The molecule has 0 radical (unpaired) electrons. The molecule has 6 nitrogen and oxygen atoms in total. The van der Waals surface area contributed by atoms with Crippen LogP contribution in [0.4, 0.5) is 5.69 Å². The Hall–Kier alpha value is -2.89. The first-order valence-corrected chi connectivity index (χ1v) is 7.15. The van der Waals surface area contributed by atoms with Crippen molar-refractivity contribution in [3.8, 4) is 11.5 Å². The van der Waals surface area contributed by atoms with Crippen LogP contribution in [0.25, 0.3) is 0 Å². The number of ether oxygens (including phenoxy) is 2. The van der Waals surface area contributed by atoms with E-state index in [1.807, 2.05) is 32.0 Å². The maximum absolute atomic E-state index is 12.3. The van der Waals surface area contributed by atoms with Gasteiger partial charge in [0, 0.05) is 18.1 Å². The number of nitro groups is 1. The van der Waals surface area contributed by atoms with Gasteiger partial charge in [0.25, 0.3) is 5.69 Å². The number of esters is 1. The smallest absolute Gasteiger partial charge is 0.352 e. The zero-order chi connectivity index (χ0) is 16.8. The van der Waals surface area contributed by atoms with E-state index in [-0.39, 0.29) is 17.4 Å². The number of nitrogens with zero attached hydrogens (tertiary/aromatic N) is 1. The van der Waals surface area contributed by atoms with Crippen molar-refractivity contribution in [2.24, 2.45) is 5.92 Å². The summed E-state index contributed by atoms with van der Waals surface area (Å²) in [6.07, 6.45) is -0.771. The summed E-state index contributed by atoms with van der Waals surface area (Å²) < 4.78 is 10.9. The summed E-state index contributed by atoms with van der Waals surface area (Å²) in [6.45, 7) is 3.70. The molecule has 6 heteroatoms. The molecule has 1 unspecified atom stereocenters. The van der Waals surface area contributed by atoms with Gasteiger partial charge in [0.15, 0.2) is 6.10 Å². The Labute approximate surface area is 133 Å². The first kappa shape index (κ1) is 16.5. The molecule has 0 bridgehead atoms. The summed E-state index contributed by atoms with van der Waals surface area (Å²) in [5.74, 6) is 0.174. The number of rotatable bonds is 6. The molecule has 1 atom stereocenters. The average molecular weight is 315 g/mol. The minimum atomic E-state index is -0.771. The summed E-state index contributed by atoms with van der Waals surface area (Å²) in [5.41, 5.74) is -0.0641. The standard InChI is InChI=1S/C17H17NO5/c1-12(2)16(22-14-6-4-3-5-7-14)17(19)23-15-10-8-13(9-11-15)18(20)21/h3-12,16H,1-2H3. The van der Waals surface area contributed by atoms with Crippen molar-refractivity contribution in [2.75, 3.05) is 0 Å². The molecular weight excluding hydrogens is 298 g/mol. The average Bonchev–Trinajstić information content (AvgIpc) is 2.53. The molecule has 2 rings (SSSR count). The lowest BCUT2D eigenvalue weighted by Crippen LogP contribution is -2.36. The van der Waals surface area contributed by atoms with Crippen LogP contribution in [-0.2, 0) is 4.79 Å². The minimum Gasteiger partial charge on any atom is -0.478 e. The van der Waals surface area contributed by atoms with Gasteiger partial charge < -0.3 is 9.47 Å². The molecule has 0 aliphatic heterocycles. The van der Waals surface area contributed by atoms with E-state index in [1.165, 1.54) is 24.3 Å². The molecule has 2 aromatic rings. The number of carbonyl (C=O) groups excluding carboxylic acids is 1. The third kappa shape index (κ3) is 4.54. The van der Waals surface area contributed by atoms with Crippen LogP contribution < -0.4 is 9.47 Å². The number of para-hydroxylation sites is 1. The van der Waals surface area contributed by atoms with Gasteiger partial charge in [-0.25, -0.2) is 4.79 Å². The van der Waals surface area contributed by atoms with Gasteiger partial charge in [0.1, 0.15) is 11.5 Å². The van der Waals surface area contributed by atoms with Crippen LogP contribution in [0, 0.1) is 16.0 Å². The number of non-ortho nitro benzene ring substituents is 1. The molecule has 0 N–H and O–H groups in total. The molecule has 0 spiro atoms. The Kier molecular flexibility index (Phi) is 5.30. The second-order valence-corrected chi connectivity index (χ2v) is 5.27. The van der Waals surface area contributed by atoms with E-state index in [0.29, 0.717) is 5.75 Å². The van der Waals surface area contributed by atoms with Gasteiger partial charge in [0.05, 0.1) is 4.92 Å². The predicted molar refractivity (Wildman–Crippen MR) is 84.4 cm³/mol. The van der Waals surface area contributed by atoms with Crippen molar-refractivity contribution < 1.29 is 19.2 Å². The zero-order valence-corrected chi connectivity index (χ0v) is 12.8. The molecule has 23 heavy (non-hydrogen) atoms. The topological polar surface area (TPSA) is 78.7 Å². The predicted octanol–water partition coefficient (Wildman–Crippen LogP) is 3.60. The Balaban J connectivity index is 2.07. The second kappa shape index (κ2) is 7.40. The van der Waals surface area contributed by atoms with Crippen molar-refractivity contribution in [1.82, 2.24) is 0 Å². The maximum Gasteiger partial charge on any atom is 0.352 e. The fourth-order valence-electron chi connectivity index (χ4n) is 1.91. The van der Waals surface area contributed by atoms with Gasteiger partial charge in [-0.05, 0) is 24.3 Å². The number of nitro benzene ring substituents is 1. The van der Waals surface area contributed by atoms with Crippen LogP contribution in [0.15, 0.2) is 54.6 Å². The quantitative estimate of drug-likeness (QED) is 0.352. The van der Waals surface area contributed by atoms with Crippen molar-refractivity contribution in [3.63, 3.8) is 0 Å². The second-order valence-electron chi connectivity index (χ2n) is 5.27. The Morgan fingerprint density at radius 2 is 1.61 bits per heavy atom. The lowest BCUT2D eigenvalue weighted by molar-refractivity contribution is -0.384. The molecule has 2 aromatic carbocycles. The van der Waals surface area contributed by atoms with Gasteiger partial charge >= 0.3 is 5.97 Å².